The van der Waals surface area contributed by atoms with E-state index in [1.54, 1.807) is 0 Å². The standard InChI is InChI=1S/C13H18O2Si/c1-16(2,3)13-12(14-13,15-13)10-9-11-7-5-4-6-8-11/h4-8H,9-10H2,1-3H3. The van der Waals surface area contributed by atoms with Crippen LogP contribution >= 0.6 is 0 Å². The van der Waals surface area contributed by atoms with Crippen LogP contribution in [0.1, 0.15) is 12.0 Å². The van der Waals surface area contributed by atoms with Crippen molar-refractivity contribution in [3.8, 4) is 0 Å². The molecule has 3 rings (SSSR count). The first-order valence-electron chi connectivity index (χ1n) is 5.93. The molecule has 0 bridgehead atoms. The van der Waals surface area contributed by atoms with Crippen LogP contribution in [-0.2, 0) is 15.9 Å². The summed E-state index contributed by atoms with van der Waals surface area (Å²) >= 11 is 0. The van der Waals surface area contributed by atoms with Gasteiger partial charge in [-0.1, -0.05) is 50.0 Å². The minimum Gasteiger partial charge on any atom is -0.311 e. The van der Waals surface area contributed by atoms with Gasteiger partial charge >= 0.3 is 0 Å². The van der Waals surface area contributed by atoms with Crippen molar-refractivity contribution in [2.75, 3.05) is 0 Å². The Bertz CT molecular complexity index is 402. The maximum absolute atomic E-state index is 5.81. The molecule has 0 radical (unpaired) electrons. The normalized spacial score (nSPS) is 35.7. The van der Waals surface area contributed by atoms with Gasteiger partial charge in [-0.3, -0.25) is 0 Å². The Morgan fingerprint density at radius 3 is 2.19 bits per heavy atom. The Morgan fingerprint density at radius 2 is 1.69 bits per heavy atom. The van der Waals surface area contributed by atoms with Gasteiger partial charge in [0.1, 0.15) is 8.07 Å². The maximum Gasteiger partial charge on any atom is 0.224 e. The van der Waals surface area contributed by atoms with E-state index in [1.807, 2.05) is 0 Å². The maximum atomic E-state index is 5.81. The van der Waals surface area contributed by atoms with E-state index in [-0.39, 0.29) is 11.2 Å². The monoisotopic (exact) mass is 234 g/mol. The Labute approximate surface area is 97.6 Å². The fraction of sp³-hybridized carbons (Fsp3) is 0.538. The summed E-state index contributed by atoms with van der Waals surface area (Å²) in [4.78, 5) is 0. The Kier molecular flexibility index (Phi) is 1.95. The first-order valence-corrected chi connectivity index (χ1v) is 9.43. The molecule has 2 fully saturated rings. The molecule has 3 heteroatoms. The Morgan fingerprint density at radius 1 is 1.06 bits per heavy atom. The number of ether oxygens (including phenoxy) is 2. The van der Waals surface area contributed by atoms with Crippen LogP contribution in [0, 0.1) is 0 Å². The Balaban J connectivity index is 1.61. The average molecular weight is 234 g/mol. The number of epoxide rings is 2. The highest BCUT2D eigenvalue weighted by atomic mass is 28.3. The van der Waals surface area contributed by atoms with Gasteiger partial charge in [-0.05, 0) is 12.0 Å². The van der Waals surface area contributed by atoms with Gasteiger partial charge in [0.25, 0.3) is 0 Å². The smallest absolute Gasteiger partial charge is 0.224 e. The third-order valence-electron chi connectivity index (χ3n) is 3.61. The molecule has 0 atom stereocenters. The number of benzene rings is 1. The zero-order valence-electron chi connectivity index (χ0n) is 10.1. The molecule has 1 aromatic rings. The zero-order valence-corrected chi connectivity index (χ0v) is 11.1. The molecule has 2 aliphatic rings. The largest absolute Gasteiger partial charge is 0.311 e. The minimum absolute atomic E-state index is 0.130. The lowest BCUT2D eigenvalue weighted by molar-refractivity contribution is -0.0724. The summed E-state index contributed by atoms with van der Waals surface area (Å²) in [5.74, 6) is -0.187. The van der Waals surface area contributed by atoms with Crippen molar-refractivity contribution >= 4 is 8.07 Å². The molecule has 0 unspecified atom stereocenters. The fourth-order valence-electron chi connectivity index (χ4n) is 2.52. The molecule has 2 saturated heterocycles. The SMILES string of the molecule is C[Si](C)(C)C12OC1(CCc1ccccc1)O2. The third kappa shape index (κ3) is 1.32. The van der Waals surface area contributed by atoms with Crippen molar-refractivity contribution in [1.29, 1.82) is 0 Å². The van der Waals surface area contributed by atoms with Crippen molar-refractivity contribution in [3.05, 3.63) is 35.9 Å². The molecule has 0 saturated carbocycles. The van der Waals surface area contributed by atoms with Gasteiger partial charge in [0.2, 0.25) is 11.2 Å². The summed E-state index contributed by atoms with van der Waals surface area (Å²) in [7, 11) is -1.33. The van der Waals surface area contributed by atoms with Gasteiger partial charge in [0.05, 0.1) is 0 Å². The lowest BCUT2D eigenvalue weighted by Crippen LogP contribution is -2.35. The highest BCUT2D eigenvalue weighted by Crippen LogP contribution is 2.73. The molecular formula is C13H18O2Si. The Hall–Kier alpha value is -0.643. The predicted octanol–water partition coefficient (Wildman–Crippen LogP) is 2.95. The van der Waals surface area contributed by atoms with Gasteiger partial charge in [0, 0.05) is 6.42 Å². The van der Waals surface area contributed by atoms with E-state index in [0.717, 1.165) is 12.8 Å². The van der Waals surface area contributed by atoms with Crippen LogP contribution in [0.15, 0.2) is 30.3 Å². The molecular weight excluding hydrogens is 216 g/mol. The van der Waals surface area contributed by atoms with E-state index in [2.05, 4.69) is 50.0 Å². The molecule has 2 heterocycles. The van der Waals surface area contributed by atoms with Crippen molar-refractivity contribution in [2.24, 2.45) is 0 Å². The summed E-state index contributed by atoms with van der Waals surface area (Å²) in [5.41, 5.74) is 1.24. The van der Waals surface area contributed by atoms with Crippen molar-refractivity contribution in [2.45, 2.75) is 43.7 Å². The quantitative estimate of drug-likeness (QED) is 0.591. The number of hydrogen-bond acceptors (Lipinski definition) is 2. The summed E-state index contributed by atoms with van der Waals surface area (Å²) in [6.45, 7) is 6.93. The van der Waals surface area contributed by atoms with Crippen molar-refractivity contribution in [1.82, 2.24) is 0 Å². The molecule has 0 amide bonds. The number of aryl methyl sites for hydroxylation is 1. The fourth-order valence-corrected chi connectivity index (χ4v) is 4.73. The van der Waals surface area contributed by atoms with Crippen LogP contribution in [0.4, 0.5) is 0 Å². The van der Waals surface area contributed by atoms with Crippen molar-refractivity contribution in [3.63, 3.8) is 0 Å². The van der Waals surface area contributed by atoms with Gasteiger partial charge in [0.15, 0.2) is 0 Å². The van der Waals surface area contributed by atoms with Crippen molar-refractivity contribution < 1.29 is 9.47 Å². The van der Waals surface area contributed by atoms with Crippen LogP contribution in [0.3, 0.4) is 0 Å². The van der Waals surface area contributed by atoms with Crippen LogP contribution in [-0.4, -0.2) is 19.3 Å². The average Bonchev–Trinajstić information content (AvgIpc) is 3.01. The van der Waals surface area contributed by atoms with E-state index in [9.17, 15) is 0 Å². The number of fused-ring (bicyclic) bond motifs is 1. The van der Waals surface area contributed by atoms with Gasteiger partial charge in [-0.25, -0.2) is 0 Å². The summed E-state index contributed by atoms with van der Waals surface area (Å²) in [5, 5.41) is 0. The van der Waals surface area contributed by atoms with Crippen LogP contribution in [0.25, 0.3) is 0 Å². The highest BCUT2D eigenvalue weighted by Gasteiger charge is 2.93. The number of rotatable bonds is 4. The number of hydrogen-bond donors (Lipinski definition) is 0. The molecule has 86 valence electrons. The third-order valence-corrected chi connectivity index (χ3v) is 6.17. The lowest BCUT2D eigenvalue weighted by atomic mass is 10.1. The van der Waals surface area contributed by atoms with Gasteiger partial charge in [-0.2, -0.15) is 0 Å². The van der Waals surface area contributed by atoms with E-state index in [0.29, 0.717) is 0 Å². The van der Waals surface area contributed by atoms with Gasteiger partial charge < -0.3 is 9.47 Å². The van der Waals surface area contributed by atoms with E-state index in [4.69, 9.17) is 9.47 Å². The van der Waals surface area contributed by atoms with Crippen LogP contribution < -0.4 is 0 Å². The molecule has 0 N–H and O–H groups in total. The molecule has 16 heavy (non-hydrogen) atoms. The second-order valence-corrected chi connectivity index (χ2v) is 11.0. The summed E-state index contributed by atoms with van der Waals surface area (Å²) in [6, 6.07) is 10.5. The van der Waals surface area contributed by atoms with E-state index in [1.165, 1.54) is 5.56 Å². The van der Waals surface area contributed by atoms with Crippen LogP contribution in [0.2, 0.25) is 19.6 Å². The second-order valence-electron chi connectivity index (χ2n) is 5.81. The molecule has 1 aromatic carbocycles. The summed E-state index contributed by atoms with van der Waals surface area (Å²) in [6.07, 6.45) is 2.05. The summed E-state index contributed by atoms with van der Waals surface area (Å²) < 4.78 is 11.6. The molecule has 0 aliphatic carbocycles. The van der Waals surface area contributed by atoms with E-state index >= 15 is 0 Å². The first-order chi connectivity index (χ1) is 7.49. The first kappa shape index (κ1) is 10.5. The van der Waals surface area contributed by atoms with E-state index < -0.39 is 8.07 Å². The second kappa shape index (κ2) is 2.97. The zero-order chi connectivity index (χ0) is 11.4. The molecule has 0 spiro atoms. The highest BCUT2D eigenvalue weighted by molar-refractivity contribution is 6.80. The predicted molar refractivity (Wildman–Crippen MR) is 65.7 cm³/mol. The molecule has 2 aliphatic heterocycles. The minimum atomic E-state index is -1.33. The topological polar surface area (TPSA) is 25.1 Å². The van der Waals surface area contributed by atoms with Gasteiger partial charge in [-0.15, -0.1) is 0 Å². The van der Waals surface area contributed by atoms with Crippen LogP contribution in [0.5, 0.6) is 0 Å². The molecule has 2 nitrogen and oxygen atoms in total. The lowest BCUT2D eigenvalue weighted by Gasteiger charge is -2.13. The molecule has 0 aromatic heterocycles.